The summed E-state index contributed by atoms with van der Waals surface area (Å²) in [7, 11) is -1.73. The van der Waals surface area contributed by atoms with Crippen LogP contribution >= 0.6 is 0 Å². The van der Waals surface area contributed by atoms with Gasteiger partial charge in [-0.2, -0.15) is 0 Å². The topological polar surface area (TPSA) is 72.3 Å². The average molecular weight is 313 g/mol. The summed E-state index contributed by atoms with van der Waals surface area (Å²) in [5.41, 5.74) is 0. The number of hydrogen-bond acceptors (Lipinski definition) is 4. The Labute approximate surface area is 126 Å². The van der Waals surface area contributed by atoms with Crippen LogP contribution < -0.4 is 0 Å². The first-order valence-corrected chi connectivity index (χ1v) is 9.21. The van der Waals surface area contributed by atoms with Crippen LogP contribution in [0.3, 0.4) is 0 Å². The molecule has 1 aromatic rings. The molecule has 1 amide bonds. The molecule has 6 nitrogen and oxygen atoms in total. The van der Waals surface area contributed by atoms with Crippen LogP contribution in [0.15, 0.2) is 12.4 Å². The molecule has 0 spiro atoms. The molecule has 1 saturated heterocycles. The minimum Gasteiger partial charge on any atom is -0.339 e. The predicted molar refractivity (Wildman–Crippen MR) is 80.3 cm³/mol. The second-order valence-corrected chi connectivity index (χ2v) is 7.70. The van der Waals surface area contributed by atoms with Gasteiger partial charge < -0.3 is 9.47 Å². The molecule has 0 bridgehead atoms. The highest BCUT2D eigenvalue weighted by atomic mass is 32.2. The Hall–Kier alpha value is -1.37. The van der Waals surface area contributed by atoms with Gasteiger partial charge in [-0.3, -0.25) is 4.79 Å². The number of sulfone groups is 1. The summed E-state index contributed by atoms with van der Waals surface area (Å²) in [6, 6.07) is 0.189. The van der Waals surface area contributed by atoms with E-state index < -0.39 is 15.6 Å². The molecule has 2 rings (SSSR count). The summed E-state index contributed by atoms with van der Waals surface area (Å²) in [5.74, 6) is -0.410. The van der Waals surface area contributed by atoms with Crippen molar-refractivity contribution in [1.82, 2.24) is 14.5 Å². The molecule has 0 aliphatic carbocycles. The summed E-state index contributed by atoms with van der Waals surface area (Å²) in [6.07, 6.45) is 7.19. The third-order valence-electron chi connectivity index (χ3n) is 4.03. The molecule has 21 heavy (non-hydrogen) atoms. The fourth-order valence-corrected chi connectivity index (χ4v) is 4.12. The van der Waals surface area contributed by atoms with E-state index in [1.807, 2.05) is 6.92 Å². The Morgan fingerprint density at radius 2 is 2.19 bits per heavy atom. The SMILES string of the molecule is CC[C@@H]1CCCCN1C(=O)CS(=O)(=O)Cc1nccn1C. The van der Waals surface area contributed by atoms with E-state index in [0.717, 1.165) is 25.7 Å². The third-order valence-corrected chi connectivity index (χ3v) is 5.42. The standard InChI is InChI=1S/C14H23N3O3S/c1-3-12-6-4-5-8-17(12)14(18)11-21(19,20)10-13-15-7-9-16(13)2/h7,9,12H,3-6,8,10-11H2,1-2H3/t12-/m1/s1. The van der Waals surface area contributed by atoms with Crippen LogP contribution in [0.1, 0.15) is 38.4 Å². The fourth-order valence-electron chi connectivity index (χ4n) is 2.81. The molecule has 1 aromatic heterocycles. The zero-order chi connectivity index (χ0) is 15.5. The molecule has 1 fully saturated rings. The van der Waals surface area contributed by atoms with E-state index >= 15 is 0 Å². The van der Waals surface area contributed by atoms with Crippen molar-refractivity contribution in [3.8, 4) is 0 Å². The molecule has 118 valence electrons. The van der Waals surface area contributed by atoms with E-state index in [9.17, 15) is 13.2 Å². The van der Waals surface area contributed by atoms with Gasteiger partial charge in [0.25, 0.3) is 0 Å². The second kappa shape index (κ2) is 6.60. The highest BCUT2D eigenvalue weighted by Gasteiger charge is 2.29. The molecule has 0 radical (unpaired) electrons. The van der Waals surface area contributed by atoms with Gasteiger partial charge in [0.05, 0.1) is 0 Å². The lowest BCUT2D eigenvalue weighted by Gasteiger charge is -2.35. The van der Waals surface area contributed by atoms with Crippen molar-refractivity contribution >= 4 is 15.7 Å². The summed E-state index contributed by atoms with van der Waals surface area (Å²) in [6.45, 7) is 2.72. The van der Waals surface area contributed by atoms with Crippen LogP contribution in [0.25, 0.3) is 0 Å². The molecule has 0 aromatic carbocycles. The van der Waals surface area contributed by atoms with E-state index in [-0.39, 0.29) is 17.7 Å². The molecule has 7 heteroatoms. The Kier molecular flexibility index (Phi) is 5.03. The van der Waals surface area contributed by atoms with E-state index in [2.05, 4.69) is 4.98 Å². The van der Waals surface area contributed by atoms with Crippen molar-refractivity contribution in [2.75, 3.05) is 12.3 Å². The summed E-state index contributed by atoms with van der Waals surface area (Å²) < 4.78 is 26.1. The summed E-state index contributed by atoms with van der Waals surface area (Å²) in [5, 5.41) is 0. The molecule has 0 unspecified atom stereocenters. The van der Waals surface area contributed by atoms with Crippen molar-refractivity contribution in [1.29, 1.82) is 0 Å². The molecule has 1 aliphatic rings. The van der Waals surface area contributed by atoms with Crippen molar-refractivity contribution in [2.45, 2.75) is 44.4 Å². The van der Waals surface area contributed by atoms with Crippen molar-refractivity contribution in [3.05, 3.63) is 18.2 Å². The smallest absolute Gasteiger partial charge is 0.238 e. The maximum Gasteiger partial charge on any atom is 0.238 e. The van der Waals surface area contributed by atoms with Gasteiger partial charge in [0, 0.05) is 32.0 Å². The monoisotopic (exact) mass is 313 g/mol. The van der Waals surface area contributed by atoms with Crippen LogP contribution in [0.2, 0.25) is 0 Å². The fraction of sp³-hybridized carbons (Fsp3) is 0.714. The van der Waals surface area contributed by atoms with Gasteiger partial charge in [-0.15, -0.1) is 0 Å². The number of piperidine rings is 1. The van der Waals surface area contributed by atoms with Crippen LogP contribution in [-0.2, 0) is 27.4 Å². The van der Waals surface area contributed by atoms with Gasteiger partial charge >= 0.3 is 0 Å². The van der Waals surface area contributed by atoms with Gasteiger partial charge in [0.15, 0.2) is 9.84 Å². The Balaban J connectivity index is 2.02. The van der Waals surface area contributed by atoms with E-state index in [0.29, 0.717) is 12.4 Å². The average Bonchev–Trinajstić information content (AvgIpc) is 2.83. The van der Waals surface area contributed by atoms with Crippen LogP contribution in [0.4, 0.5) is 0 Å². The molecule has 1 aliphatic heterocycles. The molecule has 0 saturated carbocycles. The van der Waals surface area contributed by atoms with Crippen LogP contribution in [-0.4, -0.2) is 47.1 Å². The number of rotatable bonds is 5. The number of aromatic nitrogens is 2. The van der Waals surface area contributed by atoms with E-state index in [1.165, 1.54) is 0 Å². The zero-order valence-electron chi connectivity index (χ0n) is 12.7. The minimum absolute atomic E-state index is 0.188. The number of imidazole rings is 1. The number of aryl methyl sites for hydroxylation is 1. The number of carbonyl (C=O) groups is 1. The van der Waals surface area contributed by atoms with E-state index in [4.69, 9.17) is 0 Å². The summed E-state index contributed by atoms with van der Waals surface area (Å²) in [4.78, 5) is 18.1. The lowest BCUT2D eigenvalue weighted by atomic mass is 10.0. The molecular formula is C14H23N3O3S. The van der Waals surface area contributed by atoms with Gasteiger partial charge in [0.2, 0.25) is 5.91 Å². The van der Waals surface area contributed by atoms with Gasteiger partial charge in [-0.1, -0.05) is 6.92 Å². The largest absolute Gasteiger partial charge is 0.339 e. The molecule has 0 N–H and O–H groups in total. The van der Waals surface area contributed by atoms with Crippen LogP contribution in [0, 0.1) is 0 Å². The maximum atomic E-state index is 12.3. The second-order valence-electron chi connectivity index (χ2n) is 5.63. The Morgan fingerprint density at radius 1 is 1.43 bits per heavy atom. The zero-order valence-corrected chi connectivity index (χ0v) is 13.5. The van der Waals surface area contributed by atoms with Gasteiger partial charge in [0.1, 0.15) is 17.3 Å². The quantitative estimate of drug-likeness (QED) is 0.817. The predicted octanol–water partition coefficient (Wildman–Crippen LogP) is 1.13. The maximum absolute atomic E-state index is 12.3. The first kappa shape index (κ1) is 16.0. The Morgan fingerprint density at radius 3 is 2.81 bits per heavy atom. The number of carbonyl (C=O) groups excluding carboxylic acids is 1. The number of nitrogens with zero attached hydrogens (tertiary/aromatic N) is 3. The molecule has 1 atom stereocenters. The van der Waals surface area contributed by atoms with Crippen molar-refractivity contribution in [2.24, 2.45) is 7.05 Å². The number of hydrogen-bond donors (Lipinski definition) is 0. The highest BCUT2D eigenvalue weighted by Crippen LogP contribution is 2.20. The van der Waals surface area contributed by atoms with Gasteiger partial charge in [-0.25, -0.2) is 13.4 Å². The normalized spacial score (nSPS) is 19.7. The first-order chi connectivity index (χ1) is 9.93. The Bertz CT molecular complexity index is 594. The molecular weight excluding hydrogens is 290 g/mol. The first-order valence-electron chi connectivity index (χ1n) is 7.39. The minimum atomic E-state index is -3.48. The third kappa shape index (κ3) is 4.06. The van der Waals surface area contributed by atoms with Crippen molar-refractivity contribution in [3.63, 3.8) is 0 Å². The molecule has 2 heterocycles. The summed E-state index contributed by atoms with van der Waals surface area (Å²) >= 11 is 0. The van der Waals surface area contributed by atoms with Crippen LogP contribution in [0.5, 0.6) is 0 Å². The van der Waals surface area contributed by atoms with Crippen molar-refractivity contribution < 1.29 is 13.2 Å². The lowest BCUT2D eigenvalue weighted by molar-refractivity contribution is -0.132. The lowest BCUT2D eigenvalue weighted by Crippen LogP contribution is -2.46. The highest BCUT2D eigenvalue weighted by molar-refractivity contribution is 7.91. The van der Waals surface area contributed by atoms with Gasteiger partial charge in [-0.05, 0) is 25.7 Å². The number of likely N-dealkylation sites (tertiary alicyclic amines) is 1. The number of amides is 1. The van der Waals surface area contributed by atoms with E-state index in [1.54, 1.807) is 28.9 Å².